The van der Waals surface area contributed by atoms with Gasteiger partial charge in [0, 0.05) is 20.0 Å². The molecule has 1 rings (SSSR count). The Kier molecular flexibility index (Phi) is 4.22. The first-order chi connectivity index (χ1) is 7.82. The summed E-state index contributed by atoms with van der Waals surface area (Å²) in [6.45, 7) is -0.916. The van der Waals surface area contributed by atoms with Crippen molar-refractivity contribution in [3.63, 3.8) is 0 Å². The van der Waals surface area contributed by atoms with E-state index < -0.39 is 37.1 Å². The van der Waals surface area contributed by atoms with Crippen molar-refractivity contribution in [2.24, 2.45) is 0 Å². The Morgan fingerprint density at radius 1 is 1.53 bits per heavy atom. The van der Waals surface area contributed by atoms with Gasteiger partial charge in [0.1, 0.15) is 6.04 Å². The molecular weight excluding hydrogens is 238 g/mol. The van der Waals surface area contributed by atoms with Crippen LogP contribution in [0.4, 0.5) is 13.6 Å². The van der Waals surface area contributed by atoms with Crippen LogP contribution < -0.4 is 0 Å². The lowest BCUT2D eigenvalue weighted by Crippen LogP contribution is -2.47. The predicted octanol–water partition coefficient (Wildman–Crippen LogP) is -0.177. The van der Waals surface area contributed by atoms with Gasteiger partial charge in [0.2, 0.25) is 0 Å². The number of hydrogen-bond donors (Lipinski definition) is 2. The van der Waals surface area contributed by atoms with Crippen LogP contribution in [0.3, 0.4) is 0 Å². The van der Waals surface area contributed by atoms with Gasteiger partial charge in [-0.2, -0.15) is 0 Å². The first kappa shape index (κ1) is 13.6. The van der Waals surface area contributed by atoms with Crippen LogP contribution >= 0.6 is 0 Å². The van der Waals surface area contributed by atoms with Gasteiger partial charge in [-0.15, -0.1) is 0 Å². The molecule has 1 aliphatic rings. The molecule has 2 amide bonds. The smallest absolute Gasteiger partial charge is 0.326 e. The second kappa shape index (κ2) is 5.26. The van der Waals surface area contributed by atoms with Gasteiger partial charge < -0.3 is 20.0 Å². The summed E-state index contributed by atoms with van der Waals surface area (Å²) in [5.41, 5.74) is 0. The SMILES string of the molecule is CN(CC(F)F)C(=O)N1C[C@H](O)C[C@H]1C(=O)O. The Morgan fingerprint density at radius 2 is 2.12 bits per heavy atom. The fourth-order valence-electron chi connectivity index (χ4n) is 1.76. The third-order valence-corrected chi connectivity index (χ3v) is 2.55. The molecule has 1 fully saturated rings. The van der Waals surface area contributed by atoms with Crippen LogP contribution in [-0.2, 0) is 4.79 Å². The number of aliphatic hydroxyl groups is 1. The number of amides is 2. The maximum atomic E-state index is 12.1. The molecule has 0 aromatic carbocycles. The van der Waals surface area contributed by atoms with Crippen molar-refractivity contribution in [1.82, 2.24) is 9.80 Å². The van der Waals surface area contributed by atoms with Crippen LogP contribution in [0, 0.1) is 0 Å². The molecular formula is C9H14F2N2O4. The van der Waals surface area contributed by atoms with E-state index in [4.69, 9.17) is 5.11 Å². The molecule has 0 aliphatic carbocycles. The summed E-state index contributed by atoms with van der Waals surface area (Å²) in [4.78, 5) is 24.2. The van der Waals surface area contributed by atoms with Gasteiger partial charge in [-0.3, -0.25) is 0 Å². The lowest BCUT2D eigenvalue weighted by molar-refractivity contribution is -0.141. The number of halogens is 2. The number of aliphatic carboxylic acids is 1. The van der Waals surface area contributed by atoms with Crippen LogP contribution in [0.5, 0.6) is 0 Å². The summed E-state index contributed by atoms with van der Waals surface area (Å²) in [6, 6.07) is -1.97. The summed E-state index contributed by atoms with van der Waals surface area (Å²) in [5.74, 6) is -1.25. The van der Waals surface area contributed by atoms with E-state index in [-0.39, 0.29) is 13.0 Å². The number of aliphatic hydroxyl groups excluding tert-OH is 1. The van der Waals surface area contributed by atoms with E-state index in [1.165, 1.54) is 0 Å². The van der Waals surface area contributed by atoms with Crippen molar-refractivity contribution in [3.05, 3.63) is 0 Å². The van der Waals surface area contributed by atoms with E-state index in [1.54, 1.807) is 0 Å². The van der Waals surface area contributed by atoms with Gasteiger partial charge in [0.05, 0.1) is 12.6 Å². The molecule has 1 aliphatic heterocycles. The molecule has 1 saturated heterocycles. The summed E-state index contributed by atoms with van der Waals surface area (Å²) in [6.07, 6.45) is -3.69. The number of nitrogens with zero attached hydrogens (tertiary/aromatic N) is 2. The van der Waals surface area contributed by atoms with Gasteiger partial charge in [-0.05, 0) is 0 Å². The number of carboxylic acid groups (broad SMARTS) is 1. The highest BCUT2D eigenvalue weighted by molar-refractivity contribution is 5.83. The molecule has 0 unspecified atom stereocenters. The summed E-state index contributed by atoms with van der Waals surface area (Å²) < 4.78 is 24.2. The maximum absolute atomic E-state index is 12.1. The number of urea groups is 1. The maximum Gasteiger partial charge on any atom is 0.326 e. The van der Waals surface area contributed by atoms with E-state index in [1.807, 2.05) is 0 Å². The van der Waals surface area contributed by atoms with E-state index in [0.717, 1.165) is 16.8 Å². The predicted molar refractivity (Wildman–Crippen MR) is 52.8 cm³/mol. The average molecular weight is 252 g/mol. The molecule has 1 heterocycles. The topological polar surface area (TPSA) is 81.1 Å². The standard InChI is InChI=1S/C9H14F2N2O4/c1-12(4-7(10)11)9(17)13-3-5(14)2-6(13)8(15)16/h5-7,14H,2-4H2,1H3,(H,15,16)/t5-,6+/m1/s1. The molecule has 2 N–H and O–H groups in total. The van der Waals surface area contributed by atoms with Gasteiger partial charge in [0.25, 0.3) is 6.43 Å². The van der Waals surface area contributed by atoms with Crippen LogP contribution in [0.15, 0.2) is 0 Å². The summed E-state index contributed by atoms with van der Waals surface area (Å²) in [5, 5.41) is 18.1. The molecule has 6 nitrogen and oxygen atoms in total. The fraction of sp³-hybridized carbons (Fsp3) is 0.778. The number of carbonyl (C=O) groups is 2. The second-order valence-electron chi connectivity index (χ2n) is 3.95. The summed E-state index contributed by atoms with van der Waals surface area (Å²) in [7, 11) is 1.16. The molecule has 0 spiro atoms. The van der Waals surface area contributed by atoms with Gasteiger partial charge in [-0.1, -0.05) is 0 Å². The molecule has 98 valence electrons. The lowest BCUT2D eigenvalue weighted by Gasteiger charge is -2.27. The van der Waals surface area contributed by atoms with E-state index >= 15 is 0 Å². The Balaban J connectivity index is 2.70. The van der Waals surface area contributed by atoms with Crippen LogP contribution in [0.1, 0.15) is 6.42 Å². The average Bonchev–Trinajstić information content (AvgIpc) is 2.58. The highest BCUT2D eigenvalue weighted by atomic mass is 19.3. The first-order valence-corrected chi connectivity index (χ1v) is 5.03. The first-order valence-electron chi connectivity index (χ1n) is 5.03. The summed E-state index contributed by atoms with van der Waals surface area (Å²) >= 11 is 0. The number of carboxylic acids is 1. The van der Waals surface area contributed by atoms with Crippen molar-refractivity contribution >= 4 is 12.0 Å². The minimum atomic E-state index is -2.68. The molecule has 0 bridgehead atoms. The van der Waals surface area contributed by atoms with E-state index in [2.05, 4.69) is 0 Å². The van der Waals surface area contributed by atoms with Gasteiger partial charge >= 0.3 is 12.0 Å². The van der Waals surface area contributed by atoms with Crippen molar-refractivity contribution in [2.45, 2.75) is 25.0 Å². The zero-order valence-electron chi connectivity index (χ0n) is 9.21. The molecule has 0 aromatic heterocycles. The minimum Gasteiger partial charge on any atom is -0.480 e. The van der Waals surface area contributed by atoms with Gasteiger partial charge in [0.15, 0.2) is 0 Å². The third kappa shape index (κ3) is 3.26. The quantitative estimate of drug-likeness (QED) is 0.730. The molecule has 2 atom stereocenters. The molecule has 0 saturated carbocycles. The molecule has 0 radical (unpaired) electrons. The highest BCUT2D eigenvalue weighted by Gasteiger charge is 2.40. The Hall–Kier alpha value is -1.44. The van der Waals surface area contributed by atoms with Gasteiger partial charge in [-0.25, -0.2) is 18.4 Å². The van der Waals surface area contributed by atoms with Crippen molar-refractivity contribution in [2.75, 3.05) is 20.1 Å². The molecule has 8 heteroatoms. The number of rotatable bonds is 3. The fourth-order valence-corrected chi connectivity index (χ4v) is 1.76. The third-order valence-electron chi connectivity index (χ3n) is 2.55. The monoisotopic (exact) mass is 252 g/mol. The number of β-amino-alcohol motifs (C(OH)–C–C–N with tert-alkyl or cyclic N) is 1. The Bertz CT molecular complexity index is 313. The van der Waals surface area contributed by atoms with Crippen LogP contribution in [0.25, 0.3) is 0 Å². The number of carbonyl (C=O) groups excluding carboxylic acids is 1. The normalized spacial score (nSPS) is 24.2. The van der Waals surface area contributed by atoms with Crippen molar-refractivity contribution < 1.29 is 28.6 Å². The Labute approximate surface area is 96.4 Å². The van der Waals surface area contributed by atoms with Crippen LogP contribution in [-0.4, -0.2) is 70.7 Å². The highest BCUT2D eigenvalue weighted by Crippen LogP contribution is 2.19. The number of likely N-dealkylation sites (tertiary alicyclic amines) is 1. The van der Waals surface area contributed by atoms with Crippen LogP contribution in [0.2, 0.25) is 0 Å². The zero-order valence-corrected chi connectivity index (χ0v) is 9.21. The number of hydrogen-bond acceptors (Lipinski definition) is 3. The minimum absolute atomic E-state index is 0.0798. The lowest BCUT2D eigenvalue weighted by atomic mass is 10.2. The van der Waals surface area contributed by atoms with Crippen molar-refractivity contribution in [3.8, 4) is 0 Å². The van der Waals surface area contributed by atoms with Crippen molar-refractivity contribution in [1.29, 1.82) is 0 Å². The van der Waals surface area contributed by atoms with E-state index in [9.17, 15) is 23.5 Å². The second-order valence-corrected chi connectivity index (χ2v) is 3.95. The molecule has 0 aromatic rings. The van der Waals surface area contributed by atoms with E-state index in [0.29, 0.717) is 0 Å². The largest absolute Gasteiger partial charge is 0.480 e. The Morgan fingerprint density at radius 3 is 2.59 bits per heavy atom. The molecule has 17 heavy (non-hydrogen) atoms. The number of alkyl halides is 2. The zero-order chi connectivity index (χ0) is 13.2.